The minimum atomic E-state index is -0.551. The van der Waals surface area contributed by atoms with Crippen LogP contribution in [-0.4, -0.2) is 35.8 Å². The number of amides is 1. The molecule has 0 saturated carbocycles. The van der Waals surface area contributed by atoms with E-state index in [1.165, 1.54) is 30.2 Å². The number of para-hydroxylation sites is 1. The van der Waals surface area contributed by atoms with Gasteiger partial charge >= 0.3 is 6.09 Å². The number of hydrogen-bond acceptors (Lipinski definition) is 7. The van der Waals surface area contributed by atoms with Gasteiger partial charge < -0.3 is 9.47 Å². The maximum Gasteiger partial charge on any atom is 0.413 e. The van der Waals surface area contributed by atoms with Crippen LogP contribution in [0.4, 0.5) is 9.93 Å². The molecule has 0 aliphatic heterocycles. The molecule has 0 aliphatic carbocycles. The van der Waals surface area contributed by atoms with Crippen molar-refractivity contribution in [2.24, 2.45) is 0 Å². The van der Waals surface area contributed by atoms with Gasteiger partial charge in [0.2, 0.25) is 5.13 Å². The van der Waals surface area contributed by atoms with Gasteiger partial charge in [0.25, 0.3) is 0 Å². The van der Waals surface area contributed by atoms with E-state index in [9.17, 15) is 4.79 Å². The number of anilines is 1. The minimum absolute atomic E-state index is 0.420. The Morgan fingerprint density at radius 1 is 1.35 bits per heavy atom. The van der Waals surface area contributed by atoms with Crippen LogP contribution in [0.3, 0.4) is 0 Å². The molecule has 1 amide bonds. The van der Waals surface area contributed by atoms with Crippen molar-refractivity contribution in [1.82, 2.24) is 10.2 Å². The third-order valence-electron chi connectivity index (χ3n) is 2.12. The summed E-state index contributed by atoms with van der Waals surface area (Å²) in [6.07, 6.45) is -0.551. The molecule has 2 rings (SSSR count). The normalized spacial score (nSPS) is 10.1. The molecule has 0 unspecified atom stereocenters. The first-order valence-corrected chi connectivity index (χ1v) is 7.57. The van der Waals surface area contributed by atoms with Crippen LogP contribution in [0, 0.1) is 0 Å². The van der Waals surface area contributed by atoms with Crippen molar-refractivity contribution in [2.45, 2.75) is 4.34 Å². The average molecular weight is 311 g/mol. The fourth-order valence-corrected chi connectivity index (χ4v) is 2.89. The highest BCUT2D eigenvalue weighted by molar-refractivity contribution is 8.01. The SMILES string of the molecule is COC(=O)Nc1nnc(SCCOc2ccccc2)s1. The van der Waals surface area contributed by atoms with Crippen molar-refractivity contribution in [3.05, 3.63) is 30.3 Å². The fraction of sp³-hybridized carbons (Fsp3) is 0.250. The molecular weight excluding hydrogens is 298 g/mol. The highest BCUT2D eigenvalue weighted by Crippen LogP contribution is 2.25. The minimum Gasteiger partial charge on any atom is -0.493 e. The Morgan fingerprint density at radius 3 is 2.90 bits per heavy atom. The number of benzene rings is 1. The topological polar surface area (TPSA) is 73.3 Å². The molecule has 0 atom stereocenters. The monoisotopic (exact) mass is 311 g/mol. The molecule has 0 spiro atoms. The van der Waals surface area contributed by atoms with Crippen LogP contribution in [0.15, 0.2) is 34.7 Å². The predicted molar refractivity (Wildman–Crippen MR) is 78.6 cm³/mol. The second-order valence-corrected chi connectivity index (χ2v) is 5.82. The summed E-state index contributed by atoms with van der Waals surface area (Å²) in [5.74, 6) is 1.60. The van der Waals surface area contributed by atoms with Crippen LogP contribution >= 0.6 is 23.1 Å². The summed E-state index contributed by atoms with van der Waals surface area (Å²) < 4.78 is 10.8. The summed E-state index contributed by atoms with van der Waals surface area (Å²) in [4.78, 5) is 11.0. The largest absolute Gasteiger partial charge is 0.493 e. The van der Waals surface area contributed by atoms with Gasteiger partial charge in [0.05, 0.1) is 13.7 Å². The van der Waals surface area contributed by atoms with Crippen LogP contribution in [0.1, 0.15) is 0 Å². The lowest BCUT2D eigenvalue weighted by atomic mass is 10.3. The molecule has 1 aromatic heterocycles. The van der Waals surface area contributed by atoms with Crippen molar-refractivity contribution >= 4 is 34.3 Å². The lowest BCUT2D eigenvalue weighted by molar-refractivity contribution is 0.187. The Kier molecular flexibility index (Phi) is 5.63. The number of methoxy groups -OCH3 is 1. The highest BCUT2D eigenvalue weighted by atomic mass is 32.2. The number of nitrogens with zero attached hydrogens (tertiary/aromatic N) is 2. The van der Waals surface area contributed by atoms with Gasteiger partial charge in [-0.2, -0.15) is 0 Å². The molecule has 1 N–H and O–H groups in total. The van der Waals surface area contributed by atoms with Crippen LogP contribution in [0.5, 0.6) is 5.75 Å². The van der Waals surface area contributed by atoms with Crippen molar-refractivity contribution in [3.8, 4) is 5.75 Å². The molecule has 8 heteroatoms. The van der Waals surface area contributed by atoms with Gasteiger partial charge in [0.15, 0.2) is 4.34 Å². The van der Waals surface area contributed by atoms with Gasteiger partial charge in [-0.25, -0.2) is 4.79 Å². The van der Waals surface area contributed by atoms with E-state index < -0.39 is 6.09 Å². The van der Waals surface area contributed by atoms with Crippen molar-refractivity contribution < 1.29 is 14.3 Å². The summed E-state index contributed by atoms with van der Waals surface area (Å²) in [6, 6.07) is 9.62. The molecule has 6 nitrogen and oxygen atoms in total. The first-order chi connectivity index (χ1) is 9.78. The third kappa shape index (κ3) is 4.71. The van der Waals surface area contributed by atoms with E-state index in [2.05, 4.69) is 20.3 Å². The van der Waals surface area contributed by atoms with E-state index in [1.807, 2.05) is 30.3 Å². The van der Waals surface area contributed by atoms with Crippen LogP contribution in [-0.2, 0) is 4.74 Å². The second kappa shape index (κ2) is 7.71. The lowest BCUT2D eigenvalue weighted by Crippen LogP contribution is -2.10. The smallest absolute Gasteiger partial charge is 0.413 e. The fourth-order valence-electron chi connectivity index (χ4n) is 1.26. The molecule has 106 valence electrons. The Bertz CT molecular complexity index is 548. The van der Waals surface area contributed by atoms with Gasteiger partial charge in [-0.05, 0) is 12.1 Å². The Morgan fingerprint density at radius 2 is 2.15 bits per heavy atom. The van der Waals surface area contributed by atoms with E-state index in [4.69, 9.17) is 4.74 Å². The quantitative estimate of drug-likeness (QED) is 0.502. The van der Waals surface area contributed by atoms with Crippen molar-refractivity contribution in [2.75, 3.05) is 24.8 Å². The van der Waals surface area contributed by atoms with Gasteiger partial charge in [-0.3, -0.25) is 5.32 Å². The van der Waals surface area contributed by atoms with Gasteiger partial charge in [-0.1, -0.05) is 41.3 Å². The molecule has 1 aromatic carbocycles. The van der Waals surface area contributed by atoms with Crippen molar-refractivity contribution in [1.29, 1.82) is 0 Å². The van der Waals surface area contributed by atoms with Gasteiger partial charge in [-0.15, -0.1) is 10.2 Å². The Balaban J connectivity index is 1.70. The van der Waals surface area contributed by atoms with E-state index >= 15 is 0 Å². The number of nitrogens with one attached hydrogen (secondary N) is 1. The molecule has 0 radical (unpaired) electrons. The van der Waals surface area contributed by atoms with E-state index in [1.54, 1.807) is 0 Å². The number of carbonyl (C=O) groups excluding carboxylic acids is 1. The summed E-state index contributed by atoms with van der Waals surface area (Å²) in [5.41, 5.74) is 0. The predicted octanol–water partition coefficient (Wildman–Crippen LogP) is 2.89. The second-order valence-electron chi connectivity index (χ2n) is 3.50. The first-order valence-electron chi connectivity index (χ1n) is 5.77. The highest BCUT2D eigenvalue weighted by Gasteiger charge is 2.08. The third-order valence-corrected chi connectivity index (χ3v) is 4.06. The lowest BCUT2D eigenvalue weighted by Gasteiger charge is -2.03. The Labute approximate surface area is 124 Å². The number of ether oxygens (including phenoxy) is 2. The molecule has 0 fully saturated rings. The zero-order valence-electron chi connectivity index (χ0n) is 10.7. The van der Waals surface area contributed by atoms with E-state index in [0.29, 0.717) is 11.7 Å². The van der Waals surface area contributed by atoms with Crippen molar-refractivity contribution in [3.63, 3.8) is 0 Å². The summed E-state index contributed by atoms with van der Waals surface area (Å²) in [5, 5.41) is 10.7. The summed E-state index contributed by atoms with van der Waals surface area (Å²) in [7, 11) is 1.30. The number of rotatable bonds is 6. The van der Waals surface area contributed by atoms with Crippen LogP contribution < -0.4 is 10.1 Å². The van der Waals surface area contributed by atoms with Gasteiger partial charge in [0, 0.05) is 5.75 Å². The zero-order valence-corrected chi connectivity index (χ0v) is 12.4. The molecular formula is C12H13N3O3S2. The number of aromatic nitrogens is 2. The molecule has 1 heterocycles. The maximum absolute atomic E-state index is 11.0. The number of thioether (sulfide) groups is 1. The van der Waals surface area contributed by atoms with E-state index in [-0.39, 0.29) is 0 Å². The van der Waals surface area contributed by atoms with E-state index in [0.717, 1.165) is 15.8 Å². The number of carbonyl (C=O) groups is 1. The van der Waals surface area contributed by atoms with Crippen LogP contribution in [0.2, 0.25) is 0 Å². The van der Waals surface area contributed by atoms with Crippen LogP contribution in [0.25, 0.3) is 0 Å². The summed E-state index contributed by atoms with van der Waals surface area (Å²) in [6.45, 7) is 0.577. The molecule has 20 heavy (non-hydrogen) atoms. The average Bonchev–Trinajstić information content (AvgIpc) is 2.92. The standard InChI is InChI=1S/C12H13N3O3S2/c1-17-11(16)13-10-14-15-12(20-10)19-8-7-18-9-5-3-2-4-6-9/h2-6H,7-8H2,1H3,(H,13,14,16). The zero-order chi connectivity index (χ0) is 14.2. The summed E-state index contributed by atoms with van der Waals surface area (Å²) >= 11 is 2.82. The maximum atomic E-state index is 11.0. The molecule has 2 aromatic rings. The molecule has 0 saturated heterocycles. The Hall–Kier alpha value is -1.80. The first kappa shape index (κ1) is 14.6. The number of hydrogen-bond donors (Lipinski definition) is 1. The molecule has 0 bridgehead atoms. The molecule has 0 aliphatic rings. The van der Waals surface area contributed by atoms with Gasteiger partial charge in [0.1, 0.15) is 5.75 Å².